The number of Topliss-reactive ketones (excluding diaryl/α,β-unsaturated/α-hetero) is 1. The number of benzene rings is 2. The average Bonchev–Trinajstić information content (AvgIpc) is 3.44. The van der Waals surface area contributed by atoms with Crippen molar-refractivity contribution >= 4 is 28.9 Å². The lowest BCUT2D eigenvalue weighted by atomic mass is 9.85. The molecule has 1 aliphatic heterocycles. The predicted molar refractivity (Wildman–Crippen MR) is 122 cm³/mol. The molecule has 0 aromatic heterocycles. The summed E-state index contributed by atoms with van der Waals surface area (Å²) in [5.41, 5.74) is 4.25. The van der Waals surface area contributed by atoms with Crippen molar-refractivity contribution in [1.29, 1.82) is 0 Å². The first-order chi connectivity index (χ1) is 15.4. The molecule has 2 fully saturated rings. The third-order valence-corrected chi connectivity index (χ3v) is 6.96. The van der Waals surface area contributed by atoms with E-state index in [0.717, 1.165) is 11.1 Å². The van der Waals surface area contributed by atoms with E-state index in [2.05, 4.69) is 31.2 Å². The highest BCUT2D eigenvalue weighted by Gasteiger charge is 2.62. The van der Waals surface area contributed by atoms with Gasteiger partial charge in [-0.1, -0.05) is 48.1 Å². The zero-order valence-corrected chi connectivity index (χ0v) is 18.4. The topological polar surface area (TPSA) is 63.7 Å². The van der Waals surface area contributed by atoms with Crippen molar-refractivity contribution in [2.45, 2.75) is 20.8 Å². The molecule has 0 spiro atoms. The van der Waals surface area contributed by atoms with Gasteiger partial charge in [-0.05, 0) is 50.1 Å². The van der Waals surface area contributed by atoms with Crippen LogP contribution in [0.1, 0.15) is 36.7 Å². The zero-order chi connectivity index (χ0) is 22.6. The number of carbonyl (C=O) groups is 3. The number of rotatable bonds is 5. The molecule has 0 unspecified atom stereocenters. The molecule has 2 aliphatic carbocycles. The maximum atomic E-state index is 13.6. The summed E-state index contributed by atoms with van der Waals surface area (Å²) in [7, 11) is 0. The van der Waals surface area contributed by atoms with E-state index in [9.17, 15) is 14.4 Å². The Balaban J connectivity index is 1.56. The second-order valence-corrected chi connectivity index (χ2v) is 8.62. The number of imide groups is 1. The largest absolute Gasteiger partial charge is 0.492 e. The van der Waals surface area contributed by atoms with Crippen LogP contribution in [0.3, 0.4) is 0 Å². The minimum absolute atomic E-state index is 0.0850. The molecule has 1 heterocycles. The van der Waals surface area contributed by atoms with Crippen LogP contribution in [0, 0.1) is 23.7 Å². The maximum Gasteiger partial charge on any atom is 0.238 e. The first-order valence-electron chi connectivity index (χ1n) is 11.0. The van der Waals surface area contributed by atoms with Gasteiger partial charge in [-0.2, -0.15) is 0 Å². The maximum absolute atomic E-state index is 13.6. The Bertz CT molecular complexity index is 1160. The van der Waals surface area contributed by atoms with Gasteiger partial charge in [0.2, 0.25) is 11.8 Å². The molecule has 32 heavy (non-hydrogen) atoms. The Kier molecular flexibility index (Phi) is 4.85. The SMILES string of the molecule is CCOc1ccc(C(C)=O)cc1N1C(=O)[C@@H]2[C@H](C1=O)[C@H]1C=C[C@H]2C1=C(C)c1ccccc1. The molecule has 162 valence electrons. The van der Waals surface area contributed by atoms with E-state index >= 15 is 0 Å². The monoisotopic (exact) mass is 427 g/mol. The molecule has 2 aromatic rings. The molecular formula is C27H25NO4. The van der Waals surface area contributed by atoms with Crippen LogP contribution in [0.15, 0.2) is 66.3 Å². The van der Waals surface area contributed by atoms with Crippen molar-refractivity contribution < 1.29 is 19.1 Å². The van der Waals surface area contributed by atoms with E-state index in [-0.39, 0.29) is 29.4 Å². The van der Waals surface area contributed by atoms with Crippen LogP contribution in [0.4, 0.5) is 5.69 Å². The zero-order valence-electron chi connectivity index (χ0n) is 18.4. The van der Waals surface area contributed by atoms with E-state index in [4.69, 9.17) is 4.74 Å². The first-order valence-corrected chi connectivity index (χ1v) is 11.0. The second-order valence-electron chi connectivity index (χ2n) is 8.62. The number of fused-ring (bicyclic) bond motifs is 5. The summed E-state index contributed by atoms with van der Waals surface area (Å²) < 4.78 is 5.71. The standard InChI is InChI=1S/C27H25NO4/c1-4-32-22-13-10-18(16(3)29)14-21(22)28-26(30)24-19-11-12-20(25(24)27(28)31)23(19)15(2)17-8-6-5-7-9-17/h5-14,19-20,24-25H,4H2,1-3H3/t19-,20-,24-,25+/m0/s1. The van der Waals surface area contributed by atoms with Crippen molar-refractivity contribution in [1.82, 2.24) is 0 Å². The van der Waals surface area contributed by atoms with E-state index in [1.54, 1.807) is 18.2 Å². The highest BCUT2D eigenvalue weighted by Crippen LogP contribution is 2.58. The fraction of sp³-hybridized carbons (Fsp3) is 0.296. The predicted octanol–water partition coefficient (Wildman–Crippen LogP) is 4.68. The summed E-state index contributed by atoms with van der Waals surface area (Å²) in [6.45, 7) is 5.79. The first kappa shape index (κ1) is 20.4. The van der Waals surface area contributed by atoms with Crippen LogP contribution in [-0.4, -0.2) is 24.2 Å². The van der Waals surface area contributed by atoms with Crippen molar-refractivity contribution in [3.8, 4) is 5.75 Å². The molecule has 5 rings (SSSR count). The van der Waals surface area contributed by atoms with E-state index < -0.39 is 11.8 Å². The van der Waals surface area contributed by atoms with Crippen LogP contribution >= 0.6 is 0 Å². The minimum atomic E-state index is -0.415. The molecule has 0 radical (unpaired) electrons. The molecule has 3 aliphatic rings. The molecule has 2 aromatic carbocycles. The number of allylic oxidation sites excluding steroid dienone is 4. The van der Waals surface area contributed by atoms with Gasteiger partial charge in [0.15, 0.2) is 5.78 Å². The third kappa shape index (κ3) is 2.88. The number of hydrogen-bond donors (Lipinski definition) is 0. The fourth-order valence-corrected chi connectivity index (χ4v) is 5.54. The van der Waals surface area contributed by atoms with Gasteiger partial charge in [-0.3, -0.25) is 14.4 Å². The van der Waals surface area contributed by atoms with Crippen LogP contribution < -0.4 is 9.64 Å². The van der Waals surface area contributed by atoms with Gasteiger partial charge in [-0.25, -0.2) is 4.90 Å². The van der Waals surface area contributed by atoms with E-state index in [1.807, 2.05) is 25.1 Å². The normalized spacial score (nSPS) is 27.2. The van der Waals surface area contributed by atoms with Crippen LogP contribution in [0.25, 0.3) is 5.57 Å². The Morgan fingerprint density at radius 1 is 0.906 bits per heavy atom. The molecule has 1 saturated carbocycles. The molecule has 2 bridgehead atoms. The van der Waals surface area contributed by atoms with Gasteiger partial charge in [0.1, 0.15) is 5.75 Å². The molecule has 5 nitrogen and oxygen atoms in total. The quantitative estimate of drug-likeness (QED) is 0.395. The Labute approximate surface area is 187 Å². The number of carbonyl (C=O) groups excluding carboxylic acids is 3. The van der Waals surface area contributed by atoms with Gasteiger partial charge in [-0.15, -0.1) is 0 Å². The van der Waals surface area contributed by atoms with Crippen LogP contribution in [0.2, 0.25) is 0 Å². The second kappa shape index (κ2) is 7.59. The lowest BCUT2D eigenvalue weighted by molar-refractivity contribution is -0.123. The van der Waals surface area contributed by atoms with Crippen molar-refractivity contribution in [2.75, 3.05) is 11.5 Å². The van der Waals surface area contributed by atoms with Gasteiger partial charge in [0.05, 0.1) is 24.1 Å². The molecular weight excluding hydrogens is 402 g/mol. The number of ether oxygens (including phenoxy) is 1. The highest BCUT2D eigenvalue weighted by molar-refractivity contribution is 6.24. The summed E-state index contributed by atoms with van der Waals surface area (Å²) in [5.74, 6) is -1.11. The molecule has 1 saturated heterocycles. The lowest BCUT2D eigenvalue weighted by Gasteiger charge is -2.22. The summed E-state index contributed by atoms with van der Waals surface area (Å²) in [6, 6.07) is 15.0. The highest BCUT2D eigenvalue weighted by atomic mass is 16.5. The molecule has 2 amide bonds. The minimum Gasteiger partial charge on any atom is -0.492 e. The van der Waals surface area contributed by atoms with E-state index in [1.165, 1.54) is 17.4 Å². The van der Waals surface area contributed by atoms with Crippen molar-refractivity contribution in [2.24, 2.45) is 23.7 Å². The Hall–Kier alpha value is -3.47. The Morgan fingerprint density at radius 3 is 2.09 bits per heavy atom. The third-order valence-electron chi connectivity index (χ3n) is 6.96. The average molecular weight is 428 g/mol. The molecule has 5 heteroatoms. The van der Waals surface area contributed by atoms with Gasteiger partial charge in [0, 0.05) is 17.4 Å². The number of hydrogen-bond acceptors (Lipinski definition) is 4. The number of nitrogens with zero attached hydrogens (tertiary/aromatic N) is 1. The number of anilines is 1. The summed E-state index contributed by atoms with van der Waals surface area (Å²) >= 11 is 0. The lowest BCUT2D eigenvalue weighted by Crippen LogP contribution is -2.33. The van der Waals surface area contributed by atoms with Crippen LogP contribution in [0.5, 0.6) is 5.75 Å². The van der Waals surface area contributed by atoms with Crippen LogP contribution in [-0.2, 0) is 9.59 Å². The molecule has 4 atom stereocenters. The van der Waals surface area contributed by atoms with Gasteiger partial charge in [0.25, 0.3) is 0 Å². The van der Waals surface area contributed by atoms with E-state index in [0.29, 0.717) is 23.6 Å². The smallest absolute Gasteiger partial charge is 0.238 e. The fourth-order valence-electron chi connectivity index (χ4n) is 5.54. The molecule has 0 N–H and O–H groups in total. The summed E-state index contributed by atoms with van der Waals surface area (Å²) in [5, 5.41) is 0. The summed E-state index contributed by atoms with van der Waals surface area (Å²) in [4.78, 5) is 40.5. The van der Waals surface area contributed by atoms with Gasteiger partial charge >= 0.3 is 0 Å². The number of amides is 2. The van der Waals surface area contributed by atoms with Gasteiger partial charge < -0.3 is 4.74 Å². The van der Waals surface area contributed by atoms with Crippen molar-refractivity contribution in [3.63, 3.8) is 0 Å². The van der Waals surface area contributed by atoms with Crippen molar-refractivity contribution in [3.05, 3.63) is 77.4 Å². The number of ketones is 1. The summed E-state index contributed by atoms with van der Waals surface area (Å²) in [6.07, 6.45) is 4.16. The Morgan fingerprint density at radius 2 is 1.53 bits per heavy atom.